The summed E-state index contributed by atoms with van der Waals surface area (Å²) in [5.41, 5.74) is 6.80. The number of amidine groups is 1. The van der Waals surface area contributed by atoms with Crippen LogP contribution >= 0.6 is 27.7 Å². The number of methoxy groups -OCH3 is 1. The van der Waals surface area contributed by atoms with E-state index in [2.05, 4.69) is 15.9 Å². The number of benzene rings is 2. The van der Waals surface area contributed by atoms with Crippen molar-refractivity contribution in [2.45, 2.75) is 12.6 Å². The van der Waals surface area contributed by atoms with Crippen LogP contribution in [0.15, 0.2) is 46.9 Å². The molecule has 8 heteroatoms. The summed E-state index contributed by atoms with van der Waals surface area (Å²) in [4.78, 5) is 12.6. The number of halogens is 3. The van der Waals surface area contributed by atoms with E-state index in [1.165, 1.54) is 25.3 Å². The SMILES string of the molecule is COC(C(=O)N(Cl)Cc1ccc(C(=N)N)cc1)c1cc(Br)ccc1F. The summed E-state index contributed by atoms with van der Waals surface area (Å²) in [6.07, 6.45) is -1.16. The van der Waals surface area contributed by atoms with Crippen LogP contribution < -0.4 is 5.73 Å². The van der Waals surface area contributed by atoms with Crippen LogP contribution in [0.5, 0.6) is 0 Å². The summed E-state index contributed by atoms with van der Waals surface area (Å²) in [7, 11) is 1.31. The molecule has 1 atom stereocenters. The van der Waals surface area contributed by atoms with Crippen LogP contribution in [-0.4, -0.2) is 23.3 Å². The van der Waals surface area contributed by atoms with Gasteiger partial charge in [0.15, 0.2) is 6.10 Å². The van der Waals surface area contributed by atoms with Crippen molar-refractivity contribution in [2.24, 2.45) is 5.73 Å². The maximum absolute atomic E-state index is 14.0. The monoisotopic (exact) mass is 427 g/mol. The van der Waals surface area contributed by atoms with Crippen LogP contribution in [0, 0.1) is 11.2 Å². The molecule has 0 aromatic heterocycles. The molecular weight excluding hydrogens is 413 g/mol. The van der Waals surface area contributed by atoms with E-state index in [0.717, 1.165) is 9.98 Å². The van der Waals surface area contributed by atoms with Crippen LogP contribution in [-0.2, 0) is 16.1 Å². The number of hydrogen-bond acceptors (Lipinski definition) is 3. The van der Waals surface area contributed by atoms with Crippen molar-refractivity contribution in [2.75, 3.05) is 7.11 Å². The van der Waals surface area contributed by atoms with Crippen molar-refractivity contribution in [1.29, 1.82) is 5.41 Å². The predicted molar refractivity (Wildman–Crippen MR) is 97.7 cm³/mol. The smallest absolute Gasteiger partial charge is 0.271 e. The molecular formula is C17H16BrClFN3O2. The van der Waals surface area contributed by atoms with E-state index in [-0.39, 0.29) is 17.9 Å². The molecule has 0 aliphatic heterocycles. The molecule has 0 bridgehead atoms. The zero-order valence-electron chi connectivity index (χ0n) is 13.3. The third-order valence-electron chi connectivity index (χ3n) is 3.53. The topological polar surface area (TPSA) is 79.4 Å². The summed E-state index contributed by atoms with van der Waals surface area (Å²) >= 11 is 9.33. The lowest BCUT2D eigenvalue weighted by atomic mass is 10.1. The number of nitrogen functional groups attached to an aromatic ring is 1. The Labute approximate surface area is 158 Å². The van der Waals surface area contributed by atoms with Crippen molar-refractivity contribution in [3.8, 4) is 0 Å². The minimum atomic E-state index is -1.16. The van der Waals surface area contributed by atoms with Crippen LogP contribution in [0.1, 0.15) is 22.8 Å². The molecule has 0 radical (unpaired) electrons. The average molecular weight is 429 g/mol. The number of amides is 1. The summed E-state index contributed by atoms with van der Waals surface area (Å²) in [6.45, 7) is 0.0913. The van der Waals surface area contributed by atoms with Crippen molar-refractivity contribution in [1.82, 2.24) is 4.42 Å². The second-order valence-electron chi connectivity index (χ2n) is 5.25. The number of nitrogens with one attached hydrogen (secondary N) is 1. The van der Waals surface area contributed by atoms with Gasteiger partial charge >= 0.3 is 0 Å². The number of carbonyl (C=O) groups is 1. The maximum atomic E-state index is 14.0. The Bertz CT molecular complexity index is 786. The molecule has 0 saturated carbocycles. The summed E-state index contributed by atoms with van der Waals surface area (Å²) in [5.74, 6) is -1.19. The van der Waals surface area contributed by atoms with E-state index in [1.807, 2.05) is 0 Å². The summed E-state index contributed by atoms with van der Waals surface area (Å²) in [6, 6.07) is 11.0. The quantitative estimate of drug-likeness (QED) is 0.418. The first-order chi connectivity index (χ1) is 11.8. The van der Waals surface area contributed by atoms with Gasteiger partial charge < -0.3 is 10.5 Å². The molecule has 0 saturated heterocycles. The Balaban J connectivity index is 2.16. The lowest BCUT2D eigenvalue weighted by molar-refractivity contribution is -0.138. The van der Waals surface area contributed by atoms with Gasteiger partial charge in [0.05, 0.1) is 6.54 Å². The van der Waals surface area contributed by atoms with Gasteiger partial charge in [-0.3, -0.25) is 10.2 Å². The third-order valence-corrected chi connectivity index (χ3v) is 4.31. The first-order valence-electron chi connectivity index (χ1n) is 7.21. The molecule has 132 valence electrons. The third kappa shape index (κ3) is 4.78. The van der Waals surface area contributed by atoms with Crippen molar-refractivity contribution < 1.29 is 13.9 Å². The van der Waals surface area contributed by atoms with Gasteiger partial charge in [-0.1, -0.05) is 40.2 Å². The molecule has 2 aromatic carbocycles. The van der Waals surface area contributed by atoms with Gasteiger partial charge in [-0.15, -0.1) is 0 Å². The molecule has 2 rings (SSSR count). The zero-order chi connectivity index (χ0) is 18.6. The number of rotatable bonds is 6. The van der Waals surface area contributed by atoms with E-state index < -0.39 is 17.8 Å². The number of nitrogens with zero attached hydrogens (tertiary/aromatic N) is 1. The van der Waals surface area contributed by atoms with Crippen molar-refractivity contribution in [3.05, 3.63) is 69.4 Å². The van der Waals surface area contributed by atoms with Crippen molar-refractivity contribution in [3.63, 3.8) is 0 Å². The molecule has 0 heterocycles. The first kappa shape index (κ1) is 19.4. The zero-order valence-corrected chi connectivity index (χ0v) is 15.6. The fraction of sp³-hybridized carbons (Fsp3) is 0.176. The second kappa shape index (κ2) is 8.42. The van der Waals surface area contributed by atoms with Gasteiger partial charge in [0.1, 0.15) is 11.7 Å². The van der Waals surface area contributed by atoms with Gasteiger partial charge in [-0.2, -0.15) is 0 Å². The Morgan fingerprint density at radius 3 is 2.56 bits per heavy atom. The van der Waals surface area contributed by atoms with Gasteiger partial charge in [0.2, 0.25) is 0 Å². The van der Waals surface area contributed by atoms with Crippen LogP contribution in [0.3, 0.4) is 0 Å². The Kier molecular flexibility index (Phi) is 6.52. The van der Waals surface area contributed by atoms with Gasteiger partial charge in [-0.25, -0.2) is 8.81 Å². The predicted octanol–water partition coefficient (Wildman–Crippen LogP) is 3.74. The van der Waals surface area contributed by atoms with Gasteiger partial charge in [-0.05, 0) is 23.8 Å². The Hall–Kier alpha value is -1.96. The Morgan fingerprint density at radius 1 is 1.36 bits per heavy atom. The van der Waals surface area contributed by atoms with Crippen LogP contribution in [0.2, 0.25) is 0 Å². The second-order valence-corrected chi connectivity index (χ2v) is 6.57. The lowest BCUT2D eigenvalue weighted by Gasteiger charge is -2.21. The normalized spacial score (nSPS) is 11.8. The molecule has 3 N–H and O–H groups in total. The molecule has 25 heavy (non-hydrogen) atoms. The molecule has 0 aliphatic rings. The highest BCUT2D eigenvalue weighted by Gasteiger charge is 2.28. The summed E-state index contributed by atoms with van der Waals surface area (Å²) < 4.78 is 20.8. The fourth-order valence-electron chi connectivity index (χ4n) is 2.23. The first-order valence-corrected chi connectivity index (χ1v) is 8.34. The maximum Gasteiger partial charge on any atom is 0.271 e. The van der Waals surface area contributed by atoms with Gasteiger partial charge in [0, 0.05) is 34.5 Å². The van der Waals surface area contributed by atoms with E-state index in [1.54, 1.807) is 24.3 Å². The highest BCUT2D eigenvalue weighted by atomic mass is 79.9. The number of ether oxygens (including phenoxy) is 1. The fourth-order valence-corrected chi connectivity index (χ4v) is 2.84. The van der Waals surface area contributed by atoms with E-state index in [4.69, 9.17) is 27.7 Å². The number of carbonyl (C=O) groups excluding carboxylic acids is 1. The lowest BCUT2D eigenvalue weighted by Crippen LogP contribution is -2.29. The van der Waals surface area contributed by atoms with Gasteiger partial charge in [0.25, 0.3) is 5.91 Å². The van der Waals surface area contributed by atoms with E-state index >= 15 is 0 Å². The average Bonchev–Trinajstić information content (AvgIpc) is 2.58. The van der Waals surface area contributed by atoms with Crippen molar-refractivity contribution >= 4 is 39.4 Å². The number of nitrogens with two attached hydrogens (primary N) is 1. The minimum absolute atomic E-state index is 0.0464. The highest BCUT2D eigenvalue weighted by Crippen LogP contribution is 2.27. The largest absolute Gasteiger partial charge is 0.384 e. The molecule has 2 aromatic rings. The van der Waals surface area contributed by atoms with Crippen LogP contribution in [0.25, 0.3) is 0 Å². The highest BCUT2D eigenvalue weighted by molar-refractivity contribution is 9.10. The Morgan fingerprint density at radius 2 is 2.00 bits per heavy atom. The molecule has 1 amide bonds. The molecule has 5 nitrogen and oxygen atoms in total. The molecule has 0 aliphatic carbocycles. The van der Waals surface area contributed by atoms with E-state index in [9.17, 15) is 9.18 Å². The minimum Gasteiger partial charge on any atom is -0.384 e. The summed E-state index contributed by atoms with van der Waals surface area (Å²) in [5, 5.41) is 7.36. The standard InChI is InChI=1S/C17H16BrClFN3O2/c1-25-15(13-8-12(18)6-7-14(13)20)17(24)23(19)9-10-2-4-11(5-3-10)16(21)22/h2-8,15H,9H2,1H3,(H3,21,22). The molecule has 0 fully saturated rings. The van der Waals surface area contributed by atoms with Crippen LogP contribution in [0.4, 0.5) is 4.39 Å². The number of hydrogen-bond donors (Lipinski definition) is 2. The molecule has 1 unspecified atom stereocenters. The van der Waals surface area contributed by atoms with E-state index in [0.29, 0.717) is 10.0 Å². The molecule has 0 spiro atoms.